The van der Waals surface area contributed by atoms with Gasteiger partial charge in [-0.1, -0.05) is 30.3 Å². The van der Waals surface area contributed by atoms with Crippen molar-refractivity contribution in [2.24, 2.45) is 0 Å². The number of nitrogens with zero attached hydrogens (tertiary/aromatic N) is 2. The highest BCUT2D eigenvalue weighted by atomic mass is 19.1. The van der Waals surface area contributed by atoms with E-state index in [4.69, 9.17) is 4.74 Å². The minimum Gasteiger partial charge on any atom is -0.375 e. The standard InChI is InChI=1S/C25H26FN3O2/c1-18-17-29(11-12-31-18)24-9-6-20(7-10-24)21-5-8-23(27-16-21)14-25(30)28-15-19-3-2-4-22(26)13-19/h2-10,13,16,18H,11-12,14-15,17H2,1H3,(H,28,30)/t18-/m1/s1. The summed E-state index contributed by atoms with van der Waals surface area (Å²) in [5.74, 6) is -0.454. The molecule has 0 radical (unpaired) electrons. The van der Waals surface area contributed by atoms with Crippen LogP contribution in [-0.2, 0) is 22.5 Å². The number of anilines is 1. The van der Waals surface area contributed by atoms with E-state index in [-0.39, 0.29) is 24.2 Å². The van der Waals surface area contributed by atoms with Gasteiger partial charge in [-0.2, -0.15) is 0 Å². The second kappa shape index (κ2) is 9.71. The number of carbonyl (C=O) groups excluding carboxylic acids is 1. The van der Waals surface area contributed by atoms with Crippen LogP contribution in [0.5, 0.6) is 0 Å². The average molecular weight is 420 g/mol. The zero-order chi connectivity index (χ0) is 21.6. The largest absolute Gasteiger partial charge is 0.375 e. The number of ether oxygens (including phenoxy) is 1. The van der Waals surface area contributed by atoms with E-state index >= 15 is 0 Å². The van der Waals surface area contributed by atoms with Crippen LogP contribution < -0.4 is 10.2 Å². The Balaban J connectivity index is 1.33. The van der Waals surface area contributed by atoms with Crippen LogP contribution in [0, 0.1) is 5.82 Å². The Hall–Kier alpha value is -3.25. The predicted molar refractivity (Wildman–Crippen MR) is 119 cm³/mol. The first-order chi connectivity index (χ1) is 15.1. The summed E-state index contributed by atoms with van der Waals surface area (Å²) in [6.45, 7) is 4.95. The second-order valence-electron chi connectivity index (χ2n) is 7.80. The van der Waals surface area contributed by atoms with E-state index in [2.05, 4.69) is 46.4 Å². The number of nitrogens with one attached hydrogen (secondary N) is 1. The van der Waals surface area contributed by atoms with Crippen molar-refractivity contribution in [2.75, 3.05) is 24.6 Å². The first-order valence-electron chi connectivity index (χ1n) is 10.5. The number of rotatable bonds is 6. The van der Waals surface area contributed by atoms with Crippen molar-refractivity contribution in [2.45, 2.75) is 26.0 Å². The average Bonchev–Trinajstić information content (AvgIpc) is 2.78. The summed E-state index contributed by atoms with van der Waals surface area (Å²) in [6, 6.07) is 18.5. The lowest BCUT2D eigenvalue weighted by Crippen LogP contribution is -2.41. The van der Waals surface area contributed by atoms with Crippen molar-refractivity contribution in [3.8, 4) is 11.1 Å². The maximum Gasteiger partial charge on any atom is 0.226 e. The number of hydrogen-bond donors (Lipinski definition) is 1. The Morgan fingerprint density at radius 3 is 2.68 bits per heavy atom. The molecule has 4 rings (SSSR count). The van der Waals surface area contributed by atoms with Crippen molar-refractivity contribution in [3.63, 3.8) is 0 Å². The van der Waals surface area contributed by atoms with Crippen molar-refractivity contribution < 1.29 is 13.9 Å². The number of amides is 1. The molecule has 1 amide bonds. The third kappa shape index (κ3) is 5.67. The third-order valence-electron chi connectivity index (χ3n) is 5.35. The number of aromatic nitrogens is 1. The number of pyridine rings is 1. The number of halogens is 1. The molecule has 0 aliphatic carbocycles. The molecule has 31 heavy (non-hydrogen) atoms. The maximum atomic E-state index is 13.2. The molecule has 160 valence electrons. The van der Waals surface area contributed by atoms with Crippen LogP contribution in [0.25, 0.3) is 11.1 Å². The molecule has 1 aliphatic rings. The zero-order valence-corrected chi connectivity index (χ0v) is 17.6. The molecule has 1 atom stereocenters. The fourth-order valence-electron chi connectivity index (χ4n) is 3.69. The predicted octanol–water partition coefficient (Wildman–Crippen LogP) is 3.97. The van der Waals surface area contributed by atoms with Gasteiger partial charge in [0.25, 0.3) is 0 Å². The molecule has 6 heteroatoms. The number of benzene rings is 2. The van der Waals surface area contributed by atoms with Crippen LogP contribution in [-0.4, -0.2) is 36.7 Å². The fourth-order valence-corrected chi connectivity index (χ4v) is 3.69. The minimum absolute atomic E-state index is 0.145. The van der Waals surface area contributed by atoms with E-state index in [1.165, 1.54) is 17.8 Å². The summed E-state index contributed by atoms with van der Waals surface area (Å²) in [5.41, 5.74) is 4.70. The van der Waals surface area contributed by atoms with Crippen LogP contribution in [0.1, 0.15) is 18.2 Å². The lowest BCUT2D eigenvalue weighted by Gasteiger charge is -2.33. The van der Waals surface area contributed by atoms with Crippen LogP contribution in [0.2, 0.25) is 0 Å². The van der Waals surface area contributed by atoms with Gasteiger partial charge >= 0.3 is 0 Å². The second-order valence-corrected chi connectivity index (χ2v) is 7.80. The molecule has 5 nitrogen and oxygen atoms in total. The van der Waals surface area contributed by atoms with Gasteiger partial charge in [0, 0.05) is 42.8 Å². The molecule has 2 aromatic carbocycles. The Bertz CT molecular complexity index is 1020. The lowest BCUT2D eigenvalue weighted by molar-refractivity contribution is -0.120. The van der Waals surface area contributed by atoms with Crippen molar-refractivity contribution in [1.82, 2.24) is 10.3 Å². The van der Waals surface area contributed by atoms with Gasteiger partial charge in [0.05, 0.1) is 19.1 Å². The van der Waals surface area contributed by atoms with Gasteiger partial charge in [-0.05, 0) is 48.4 Å². The van der Waals surface area contributed by atoms with Gasteiger partial charge in [-0.15, -0.1) is 0 Å². The highest BCUT2D eigenvalue weighted by molar-refractivity contribution is 5.78. The Morgan fingerprint density at radius 2 is 1.97 bits per heavy atom. The van der Waals surface area contributed by atoms with Crippen molar-refractivity contribution in [3.05, 3.63) is 83.9 Å². The Kier molecular flexibility index (Phi) is 6.57. The van der Waals surface area contributed by atoms with E-state index in [0.29, 0.717) is 12.2 Å². The Labute approximate surface area is 181 Å². The molecule has 3 aromatic rings. The molecular formula is C25H26FN3O2. The summed E-state index contributed by atoms with van der Waals surface area (Å²) in [6.07, 6.45) is 2.22. The summed E-state index contributed by atoms with van der Waals surface area (Å²) in [7, 11) is 0. The topological polar surface area (TPSA) is 54.5 Å². The maximum absolute atomic E-state index is 13.2. The number of carbonyl (C=O) groups is 1. The zero-order valence-electron chi connectivity index (χ0n) is 17.6. The van der Waals surface area contributed by atoms with Crippen LogP contribution in [0.3, 0.4) is 0 Å². The highest BCUT2D eigenvalue weighted by Gasteiger charge is 2.16. The minimum atomic E-state index is -0.309. The van der Waals surface area contributed by atoms with Gasteiger partial charge in [-0.3, -0.25) is 9.78 Å². The van der Waals surface area contributed by atoms with Gasteiger partial charge in [0.1, 0.15) is 5.82 Å². The fraction of sp³-hybridized carbons (Fsp3) is 0.280. The van der Waals surface area contributed by atoms with Gasteiger partial charge in [0.15, 0.2) is 0 Å². The SMILES string of the molecule is C[C@@H]1CN(c2ccc(-c3ccc(CC(=O)NCc4cccc(F)c4)nc3)cc2)CCO1. The molecule has 2 heterocycles. The molecule has 1 N–H and O–H groups in total. The third-order valence-corrected chi connectivity index (χ3v) is 5.35. The molecule has 1 aliphatic heterocycles. The highest BCUT2D eigenvalue weighted by Crippen LogP contribution is 2.24. The molecule has 0 unspecified atom stereocenters. The van der Waals surface area contributed by atoms with Crippen LogP contribution in [0.15, 0.2) is 66.9 Å². The smallest absolute Gasteiger partial charge is 0.226 e. The van der Waals surface area contributed by atoms with Crippen LogP contribution >= 0.6 is 0 Å². The summed E-state index contributed by atoms with van der Waals surface area (Å²) < 4.78 is 18.8. The monoisotopic (exact) mass is 419 g/mol. The quantitative estimate of drug-likeness (QED) is 0.657. The first-order valence-corrected chi connectivity index (χ1v) is 10.5. The lowest BCUT2D eigenvalue weighted by atomic mass is 10.1. The van der Waals surface area contributed by atoms with Gasteiger partial charge in [-0.25, -0.2) is 4.39 Å². The first kappa shape index (κ1) is 21.0. The Morgan fingerprint density at radius 1 is 1.16 bits per heavy atom. The summed E-state index contributed by atoms with van der Waals surface area (Å²) >= 11 is 0. The molecule has 1 aromatic heterocycles. The molecular weight excluding hydrogens is 393 g/mol. The van der Waals surface area contributed by atoms with E-state index < -0.39 is 0 Å². The molecule has 1 saturated heterocycles. The molecule has 1 fully saturated rings. The van der Waals surface area contributed by atoms with Crippen molar-refractivity contribution in [1.29, 1.82) is 0 Å². The molecule has 0 saturated carbocycles. The van der Waals surface area contributed by atoms with E-state index in [0.717, 1.165) is 36.4 Å². The van der Waals surface area contributed by atoms with E-state index in [1.807, 2.05) is 12.1 Å². The van der Waals surface area contributed by atoms with E-state index in [1.54, 1.807) is 18.3 Å². The molecule has 0 bridgehead atoms. The van der Waals surface area contributed by atoms with Crippen LogP contribution in [0.4, 0.5) is 10.1 Å². The normalized spacial score (nSPS) is 16.2. The van der Waals surface area contributed by atoms with E-state index in [9.17, 15) is 9.18 Å². The summed E-state index contributed by atoms with van der Waals surface area (Å²) in [4.78, 5) is 19.0. The van der Waals surface area contributed by atoms with Crippen molar-refractivity contribution >= 4 is 11.6 Å². The van der Waals surface area contributed by atoms with Gasteiger partial charge in [0.2, 0.25) is 5.91 Å². The number of hydrogen-bond acceptors (Lipinski definition) is 4. The summed E-state index contributed by atoms with van der Waals surface area (Å²) in [5, 5.41) is 2.80. The van der Waals surface area contributed by atoms with Gasteiger partial charge < -0.3 is 15.0 Å². The number of morpholine rings is 1. The molecule has 0 spiro atoms.